The number of amides is 1. The highest BCUT2D eigenvalue weighted by atomic mass is 16.2. The van der Waals surface area contributed by atoms with Crippen molar-refractivity contribution < 1.29 is 4.79 Å². The molecule has 0 unspecified atom stereocenters. The Morgan fingerprint density at radius 1 is 0.955 bits per heavy atom. The molecule has 0 saturated carbocycles. The van der Waals surface area contributed by atoms with E-state index in [9.17, 15) is 4.79 Å². The van der Waals surface area contributed by atoms with Crippen LogP contribution in [0.25, 0.3) is 0 Å². The van der Waals surface area contributed by atoms with Crippen LogP contribution in [0, 0.1) is 20.8 Å². The van der Waals surface area contributed by atoms with Crippen molar-refractivity contribution >= 4 is 11.6 Å². The minimum Gasteiger partial charge on any atom is -0.371 e. The number of rotatable bonds is 1. The Morgan fingerprint density at radius 3 is 2.09 bits per heavy atom. The molecule has 4 heteroatoms. The SMILES string of the molecule is Cc1cc(C)c(N2CCC3(CC2)C(=O)N(C)CN3C)cc1C. The van der Waals surface area contributed by atoms with Crippen LogP contribution in [0.15, 0.2) is 12.1 Å². The van der Waals surface area contributed by atoms with Crippen LogP contribution in [-0.4, -0.2) is 55.1 Å². The number of piperidine rings is 1. The predicted molar refractivity (Wildman–Crippen MR) is 90.2 cm³/mol. The van der Waals surface area contributed by atoms with Gasteiger partial charge in [0.15, 0.2) is 0 Å². The summed E-state index contributed by atoms with van der Waals surface area (Å²) in [5.41, 5.74) is 5.09. The first-order valence-electron chi connectivity index (χ1n) is 8.15. The third-order valence-corrected chi connectivity index (χ3v) is 5.64. The fraction of sp³-hybridized carbons (Fsp3) is 0.611. The lowest BCUT2D eigenvalue weighted by Crippen LogP contribution is -2.55. The van der Waals surface area contributed by atoms with Crippen LogP contribution in [0.4, 0.5) is 5.69 Å². The average Bonchev–Trinajstić information content (AvgIpc) is 2.68. The third kappa shape index (κ3) is 2.21. The van der Waals surface area contributed by atoms with Crippen molar-refractivity contribution in [3.8, 4) is 0 Å². The van der Waals surface area contributed by atoms with E-state index in [1.807, 2.05) is 11.9 Å². The molecule has 0 bridgehead atoms. The minimum atomic E-state index is -0.265. The summed E-state index contributed by atoms with van der Waals surface area (Å²) in [7, 11) is 3.99. The lowest BCUT2D eigenvalue weighted by atomic mass is 9.85. The van der Waals surface area contributed by atoms with Crippen molar-refractivity contribution in [3.63, 3.8) is 0 Å². The Labute approximate surface area is 133 Å². The van der Waals surface area contributed by atoms with Crippen molar-refractivity contribution in [2.45, 2.75) is 39.2 Å². The van der Waals surface area contributed by atoms with E-state index >= 15 is 0 Å². The molecule has 1 aromatic carbocycles. The number of nitrogens with zero attached hydrogens (tertiary/aromatic N) is 3. The van der Waals surface area contributed by atoms with Gasteiger partial charge < -0.3 is 9.80 Å². The van der Waals surface area contributed by atoms with E-state index in [4.69, 9.17) is 0 Å². The third-order valence-electron chi connectivity index (χ3n) is 5.64. The van der Waals surface area contributed by atoms with Crippen molar-refractivity contribution in [2.24, 2.45) is 0 Å². The first kappa shape index (κ1) is 15.3. The number of carbonyl (C=O) groups is 1. The topological polar surface area (TPSA) is 26.8 Å². The molecule has 0 aromatic heterocycles. The Hall–Kier alpha value is -1.55. The zero-order chi connectivity index (χ0) is 16.1. The molecular weight excluding hydrogens is 274 g/mol. The van der Waals surface area contributed by atoms with Crippen LogP contribution in [0.5, 0.6) is 0 Å². The van der Waals surface area contributed by atoms with Crippen LogP contribution < -0.4 is 4.90 Å². The molecule has 22 heavy (non-hydrogen) atoms. The predicted octanol–water partition coefficient (Wildman–Crippen LogP) is 2.31. The van der Waals surface area contributed by atoms with Crippen LogP contribution in [-0.2, 0) is 4.79 Å². The van der Waals surface area contributed by atoms with Gasteiger partial charge in [-0.2, -0.15) is 0 Å². The smallest absolute Gasteiger partial charge is 0.244 e. The molecule has 1 spiro atoms. The molecule has 2 fully saturated rings. The van der Waals surface area contributed by atoms with E-state index in [0.29, 0.717) is 5.91 Å². The summed E-state index contributed by atoms with van der Waals surface area (Å²) in [5.74, 6) is 0.298. The Kier molecular flexibility index (Phi) is 3.68. The number of anilines is 1. The summed E-state index contributed by atoms with van der Waals surface area (Å²) in [6.07, 6.45) is 1.83. The number of hydrogen-bond donors (Lipinski definition) is 0. The summed E-state index contributed by atoms with van der Waals surface area (Å²) in [6.45, 7) is 9.18. The van der Waals surface area contributed by atoms with Crippen molar-refractivity contribution in [3.05, 3.63) is 28.8 Å². The van der Waals surface area contributed by atoms with E-state index in [-0.39, 0.29) is 5.54 Å². The minimum absolute atomic E-state index is 0.265. The second-order valence-corrected chi connectivity index (χ2v) is 7.08. The standard InChI is InChI=1S/C18H27N3O/c1-13-10-15(3)16(11-14(13)2)21-8-6-18(7-9-21)17(22)19(4)12-20(18)5/h10-11H,6-9,12H2,1-5H3. The van der Waals surface area contributed by atoms with Gasteiger partial charge in [0.25, 0.3) is 0 Å². The van der Waals surface area contributed by atoms with Gasteiger partial charge in [-0.3, -0.25) is 9.69 Å². The number of hydrogen-bond acceptors (Lipinski definition) is 3. The fourth-order valence-corrected chi connectivity index (χ4v) is 4.04. The van der Waals surface area contributed by atoms with E-state index in [2.05, 4.69) is 49.8 Å². The highest BCUT2D eigenvalue weighted by Gasteiger charge is 2.50. The molecule has 3 rings (SSSR count). The fourth-order valence-electron chi connectivity index (χ4n) is 4.04. The molecule has 4 nitrogen and oxygen atoms in total. The lowest BCUT2D eigenvalue weighted by Gasteiger charge is -2.42. The van der Waals surface area contributed by atoms with Crippen LogP contribution in [0.2, 0.25) is 0 Å². The summed E-state index contributed by atoms with van der Waals surface area (Å²) in [4.78, 5) is 19.1. The normalized spacial score (nSPS) is 22.0. The van der Waals surface area contributed by atoms with E-state index in [1.54, 1.807) is 0 Å². The average molecular weight is 301 g/mol. The van der Waals surface area contributed by atoms with E-state index in [0.717, 1.165) is 32.6 Å². The van der Waals surface area contributed by atoms with Gasteiger partial charge in [-0.05, 0) is 63.4 Å². The van der Waals surface area contributed by atoms with Gasteiger partial charge in [-0.25, -0.2) is 0 Å². The van der Waals surface area contributed by atoms with Crippen molar-refractivity contribution in [1.29, 1.82) is 0 Å². The van der Waals surface area contributed by atoms with E-state index < -0.39 is 0 Å². The molecule has 0 N–H and O–H groups in total. The van der Waals surface area contributed by atoms with Gasteiger partial charge in [0, 0.05) is 25.8 Å². The molecule has 1 amide bonds. The molecule has 0 radical (unpaired) electrons. The van der Waals surface area contributed by atoms with Gasteiger partial charge in [0.05, 0.1) is 6.67 Å². The highest BCUT2D eigenvalue weighted by Crippen LogP contribution is 2.36. The first-order valence-corrected chi connectivity index (χ1v) is 8.15. The van der Waals surface area contributed by atoms with Gasteiger partial charge in [0.1, 0.15) is 5.54 Å². The largest absolute Gasteiger partial charge is 0.371 e. The second-order valence-electron chi connectivity index (χ2n) is 7.08. The molecule has 0 atom stereocenters. The Balaban J connectivity index is 1.80. The summed E-state index contributed by atoms with van der Waals surface area (Å²) < 4.78 is 0. The van der Waals surface area contributed by atoms with Crippen LogP contribution in [0.3, 0.4) is 0 Å². The molecule has 2 aliphatic heterocycles. The maximum absolute atomic E-state index is 12.6. The summed E-state index contributed by atoms with van der Waals surface area (Å²) in [6, 6.07) is 4.57. The Bertz CT molecular complexity index is 603. The van der Waals surface area contributed by atoms with Gasteiger partial charge >= 0.3 is 0 Å². The second kappa shape index (κ2) is 5.27. The molecule has 2 saturated heterocycles. The molecule has 120 valence electrons. The number of aryl methyl sites for hydroxylation is 3. The maximum atomic E-state index is 12.6. The summed E-state index contributed by atoms with van der Waals surface area (Å²) in [5, 5.41) is 0. The number of carbonyl (C=O) groups excluding carboxylic acids is 1. The van der Waals surface area contributed by atoms with Gasteiger partial charge in [-0.15, -0.1) is 0 Å². The van der Waals surface area contributed by atoms with Gasteiger partial charge in [0.2, 0.25) is 5.91 Å². The summed E-state index contributed by atoms with van der Waals surface area (Å²) >= 11 is 0. The van der Waals surface area contributed by atoms with E-state index in [1.165, 1.54) is 22.4 Å². The number of likely N-dealkylation sites (N-methyl/N-ethyl adjacent to an activating group) is 2. The Morgan fingerprint density at radius 2 is 1.55 bits per heavy atom. The molecular formula is C18H27N3O. The highest BCUT2D eigenvalue weighted by molar-refractivity contribution is 5.88. The quantitative estimate of drug-likeness (QED) is 0.796. The number of benzene rings is 1. The van der Waals surface area contributed by atoms with Crippen molar-refractivity contribution in [2.75, 3.05) is 38.8 Å². The van der Waals surface area contributed by atoms with Crippen LogP contribution >= 0.6 is 0 Å². The molecule has 0 aliphatic carbocycles. The molecule has 2 aliphatic rings. The molecule has 1 aromatic rings. The zero-order valence-electron chi connectivity index (χ0n) is 14.4. The zero-order valence-corrected chi connectivity index (χ0v) is 14.4. The van der Waals surface area contributed by atoms with Crippen molar-refractivity contribution in [1.82, 2.24) is 9.80 Å². The van der Waals surface area contributed by atoms with Gasteiger partial charge in [-0.1, -0.05) is 6.07 Å². The lowest BCUT2D eigenvalue weighted by molar-refractivity contribution is -0.133. The monoisotopic (exact) mass is 301 g/mol. The molecule has 2 heterocycles. The van der Waals surface area contributed by atoms with Crippen LogP contribution in [0.1, 0.15) is 29.5 Å². The first-order chi connectivity index (χ1) is 10.3. The maximum Gasteiger partial charge on any atom is 0.244 e.